The van der Waals surface area contributed by atoms with Crippen LogP contribution < -0.4 is 10.6 Å². The maximum Gasteiger partial charge on any atom is 0.225 e. The fraction of sp³-hybridized carbons (Fsp3) is 0.692. The van der Waals surface area contributed by atoms with Crippen LogP contribution in [-0.2, 0) is 6.42 Å². The average Bonchev–Trinajstić information content (AvgIpc) is 2.28. The summed E-state index contributed by atoms with van der Waals surface area (Å²) in [6.07, 6.45) is 4.65. The maximum absolute atomic E-state index is 5.83. The van der Waals surface area contributed by atoms with Gasteiger partial charge in [0.1, 0.15) is 0 Å². The molecule has 0 amide bonds. The second-order valence-corrected chi connectivity index (χ2v) is 5.03. The number of hydrogen-bond donors (Lipinski definition) is 1. The first-order valence-corrected chi connectivity index (χ1v) is 6.50. The Morgan fingerprint density at radius 1 is 1.29 bits per heavy atom. The van der Waals surface area contributed by atoms with Crippen LogP contribution in [0.2, 0.25) is 0 Å². The van der Waals surface area contributed by atoms with E-state index in [1.165, 1.54) is 19.3 Å². The summed E-state index contributed by atoms with van der Waals surface area (Å²) in [5, 5.41) is 0. The zero-order valence-corrected chi connectivity index (χ0v) is 10.8. The molecule has 0 aliphatic carbocycles. The van der Waals surface area contributed by atoms with Crippen molar-refractivity contribution >= 4 is 5.95 Å². The number of piperidine rings is 1. The molecular formula is C13H22N4. The van der Waals surface area contributed by atoms with Crippen LogP contribution in [0.3, 0.4) is 0 Å². The lowest BCUT2D eigenvalue weighted by molar-refractivity contribution is 0.566. The molecule has 0 radical (unpaired) electrons. The van der Waals surface area contributed by atoms with E-state index < -0.39 is 0 Å². The summed E-state index contributed by atoms with van der Waals surface area (Å²) in [5.74, 6) is 0.889. The van der Waals surface area contributed by atoms with Crippen molar-refractivity contribution < 1.29 is 0 Å². The van der Waals surface area contributed by atoms with E-state index in [2.05, 4.69) is 14.9 Å². The number of rotatable bonds is 3. The molecule has 1 atom stereocenters. The fourth-order valence-corrected chi connectivity index (χ4v) is 2.29. The van der Waals surface area contributed by atoms with Crippen LogP contribution >= 0.6 is 0 Å². The monoisotopic (exact) mass is 234 g/mol. The van der Waals surface area contributed by atoms with Crippen molar-refractivity contribution in [2.24, 2.45) is 5.73 Å². The molecule has 1 unspecified atom stereocenters. The van der Waals surface area contributed by atoms with Gasteiger partial charge in [-0.25, -0.2) is 9.97 Å². The van der Waals surface area contributed by atoms with Crippen molar-refractivity contribution in [3.05, 3.63) is 17.5 Å². The smallest absolute Gasteiger partial charge is 0.225 e. The first-order valence-electron chi connectivity index (χ1n) is 6.50. The van der Waals surface area contributed by atoms with E-state index >= 15 is 0 Å². The molecule has 0 saturated carbocycles. The van der Waals surface area contributed by atoms with Crippen LogP contribution in [0.4, 0.5) is 5.95 Å². The standard InChI is InChI=1S/C13H22N4/c1-10(14)8-12-9-11(2)15-13(16-12)17-6-4-3-5-7-17/h9-10H,3-8,14H2,1-2H3. The third kappa shape index (κ3) is 3.40. The van der Waals surface area contributed by atoms with Crippen LogP contribution in [-0.4, -0.2) is 29.1 Å². The van der Waals surface area contributed by atoms with E-state index in [9.17, 15) is 0 Å². The quantitative estimate of drug-likeness (QED) is 0.864. The molecule has 0 bridgehead atoms. The Kier molecular flexibility index (Phi) is 3.94. The Morgan fingerprint density at radius 3 is 2.65 bits per heavy atom. The molecule has 94 valence electrons. The predicted octanol–water partition coefficient (Wildman–Crippen LogP) is 1.67. The van der Waals surface area contributed by atoms with Crippen LogP contribution in [0.15, 0.2) is 6.07 Å². The molecule has 2 N–H and O–H groups in total. The molecule has 17 heavy (non-hydrogen) atoms. The lowest BCUT2D eigenvalue weighted by Gasteiger charge is -2.27. The molecule has 1 aromatic rings. The van der Waals surface area contributed by atoms with Gasteiger partial charge in [-0.05, 0) is 39.2 Å². The van der Waals surface area contributed by atoms with Crippen LogP contribution in [0.1, 0.15) is 37.6 Å². The summed E-state index contributed by atoms with van der Waals surface area (Å²) in [5.41, 5.74) is 7.93. The van der Waals surface area contributed by atoms with E-state index in [-0.39, 0.29) is 6.04 Å². The van der Waals surface area contributed by atoms with Gasteiger partial charge in [-0.15, -0.1) is 0 Å². The summed E-state index contributed by atoms with van der Waals surface area (Å²) in [6, 6.07) is 2.19. The Bertz CT molecular complexity index is 370. The molecule has 4 nitrogen and oxygen atoms in total. The van der Waals surface area contributed by atoms with Gasteiger partial charge in [0.15, 0.2) is 0 Å². The van der Waals surface area contributed by atoms with Crippen molar-refractivity contribution in [2.75, 3.05) is 18.0 Å². The number of hydrogen-bond acceptors (Lipinski definition) is 4. The highest BCUT2D eigenvalue weighted by Crippen LogP contribution is 2.17. The zero-order chi connectivity index (χ0) is 12.3. The van der Waals surface area contributed by atoms with E-state index in [0.29, 0.717) is 0 Å². The molecular weight excluding hydrogens is 212 g/mol. The number of anilines is 1. The third-order valence-electron chi connectivity index (χ3n) is 3.07. The van der Waals surface area contributed by atoms with Gasteiger partial charge in [0.05, 0.1) is 0 Å². The molecule has 1 fully saturated rings. The van der Waals surface area contributed by atoms with Crippen molar-refractivity contribution in [1.82, 2.24) is 9.97 Å². The molecule has 0 spiro atoms. The molecule has 2 heterocycles. The van der Waals surface area contributed by atoms with Gasteiger partial charge >= 0.3 is 0 Å². The van der Waals surface area contributed by atoms with Crippen LogP contribution in [0.5, 0.6) is 0 Å². The Morgan fingerprint density at radius 2 is 2.00 bits per heavy atom. The number of aromatic nitrogens is 2. The minimum atomic E-state index is 0.151. The molecule has 2 rings (SSSR count). The minimum absolute atomic E-state index is 0.151. The number of aryl methyl sites for hydroxylation is 1. The summed E-state index contributed by atoms with van der Waals surface area (Å²) >= 11 is 0. The lowest BCUT2D eigenvalue weighted by Crippen LogP contribution is -2.31. The van der Waals surface area contributed by atoms with Crippen molar-refractivity contribution in [3.8, 4) is 0 Å². The van der Waals surface area contributed by atoms with Gasteiger partial charge in [-0.2, -0.15) is 0 Å². The maximum atomic E-state index is 5.83. The molecule has 1 saturated heterocycles. The van der Waals surface area contributed by atoms with Gasteiger partial charge in [-0.1, -0.05) is 0 Å². The highest BCUT2D eigenvalue weighted by molar-refractivity contribution is 5.33. The fourth-order valence-electron chi connectivity index (χ4n) is 2.29. The van der Waals surface area contributed by atoms with Gasteiger partial charge < -0.3 is 10.6 Å². The van der Waals surface area contributed by atoms with Crippen molar-refractivity contribution in [3.63, 3.8) is 0 Å². The lowest BCUT2D eigenvalue weighted by atomic mass is 10.1. The van der Waals surface area contributed by atoms with E-state index in [1.54, 1.807) is 0 Å². The Balaban J connectivity index is 2.18. The Labute approximate surface area is 103 Å². The number of nitrogens with two attached hydrogens (primary N) is 1. The highest BCUT2D eigenvalue weighted by Gasteiger charge is 2.14. The molecule has 0 aromatic carbocycles. The Hall–Kier alpha value is -1.16. The summed E-state index contributed by atoms with van der Waals surface area (Å²) in [6.45, 7) is 6.21. The minimum Gasteiger partial charge on any atom is -0.341 e. The van der Waals surface area contributed by atoms with Gasteiger partial charge in [0.25, 0.3) is 0 Å². The average molecular weight is 234 g/mol. The van der Waals surface area contributed by atoms with Crippen molar-refractivity contribution in [1.29, 1.82) is 0 Å². The normalized spacial score (nSPS) is 18.2. The zero-order valence-electron chi connectivity index (χ0n) is 10.8. The van der Waals surface area contributed by atoms with E-state index in [0.717, 1.165) is 36.8 Å². The second kappa shape index (κ2) is 5.45. The molecule has 1 aromatic heterocycles. The number of nitrogens with zero attached hydrogens (tertiary/aromatic N) is 3. The predicted molar refractivity (Wildman–Crippen MR) is 70.2 cm³/mol. The van der Waals surface area contributed by atoms with E-state index in [4.69, 9.17) is 5.73 Å². The summed E-state index contributed by atoms with van der Waals surface area (Å²) in [7, 11) is 0. The molecule has 1 aliphatic heterocycles. The SMILES string of the molecule is Cc1cc(CC(C)N)nc(N2CCCCC2)n1. The summed E-state index contributed by atoms with van der Waals surface area (Å²) in [4.78, 5) is 11.5. The first-order chi connectivity index (χ1) is 8.15. The highest BCUT2D eigenvalue weighted by atomic mass is 15.3. The van der Waals surface area contributed by atoms with Crippen LogP contribution in [0.25, 0.3) is 0 Å². The van der Waals surface area contributed by atoms with Gasteiger partial charge in [0, 0.05) is 36.9 Å². The topological polar surface area (TPSA) is 55.0 Å². The molecule has 4 heteroatoms. The first kappa shape index (κ1) is 12.3. The third-order valence-corrected chi connectivity index (χ3v) is 3.07. The second-order valence-electron chi connectivity index (χ2n) is 5.03. The largest absolute Gasteiger partial charge is 0.341 e. The van der Waals surface area contributed by atoms with Crippen molar-refractivity contribution in [2.45, 2.75) is 45.6 Å². The van der Waals surface area contributed by atoms with E-state index in [1.807, 2.05) is 19.9 Å². The van der Waals surface area contributed by atoms with Gasteiger partial charge in [-0.3, -0.25) is 0 Å². The summed E-state index contributed by atoms with van der Waals surface area (Å²) < 4.78 is 0. The van der Waals surface area contributed by atoms with Crippen LogP contribution in [0, 0.1) is 6.92 Å². The van der Waals surface area contributed by atoms with Gasteiger partial charge in [0.2, 0.25) is 5.95 Å². The molecule has 1 aliphatic rings.